The van der Waals surface area contributed by atoms with E-state index in [-0.39, 0.29) is 24.2 Å². The van der Waals surface area contributed by atoms with Crippen LogP contribution in [-0.2, 0) is 16.0 Å². The summed E-state index contributed by atoms with van der Waals surface area (Å²) in [6.07, 6.45) is 0.276. The van der Waals surface area contributed by atoms with Crippen LogP contribution in [0.5, 0.6) is 0 Å². The molecule has 1 heterocycles. The molecule has 0 radical (unpaired) electrons. The summed E-state index contributed by atoms with van der Waals surface area (Å²) >= 11 is 11.8. The highest BCUT2D eigenvalue weighted by atomic mass is 35.5. The molecule has 1 aromatic rings. The Balaban J connectivity index is 2.07. The number of ketones is 1. The van der Waals surface area contributed by atoms with Crippen molar-refractivity contribution in [3.8, 4) is 0 Å². The van der Waals surface area contributed by atoms with E-state index in [1.807, 2.05) is 0 Å². The average molecular weight is 274 g/mol. The predicted molar refractivity (Wildman–Crippen MR) is 67.5 cm³/mol. The van der Waals surface area contributed by atoms with Crippen LogP contribution in [0, 0.1) is 5.92 Å². The predicted octanol–water partition coefficient (Wildman–Crippen LogP) is 2.08. The topological polar surface area (TPSA) is 52.3 Å². The second kappa shape index (κ2) is 5.36. The Morgan fingerprint density at radius 3 is 2.76 bits per heavy atom. The molecule has 5 heteroatoms. The van der Waals surface area contributed by atoms with E-state index in [0.717, 1.165) is 5.56 Å². The summed E-state index contributed by atoms with van der Waals surface area (Å²) in [4.78, 5) is 12.0. The largest absolute Gasteiger partial charge is 0.379 e. The molecular formula is C12H13Cl2NO2. The van der Waals surface area contributed by atoms with E-state index in [9.17, 15) is 4.79 Å². The number of ether oxygens (including phenoxy) is 1. The molecule has 2 rings (SSSR count). The molecule has 3 nitrogen and oxygen atoms in total. The first-order valence-electron chi connectivity index (χ1n) is 5.38. The fourth-order valence-corrected chi connectivity index (χ4v) is 2.36. The zero-order valence-electron chi connectivity index (χ0n) is 9.16. The molecule has 0 bridgehead atoms. The lowest BCUT2D eigenvalue weighted by molar-refractivity contribution is -0.122. The Labute approximate surface area is 110 Å². The number of Topliss-reactive ketones (excluding diaryl/α,β-unsaturated/α-hetero) is 1. The number of carbonyl (C=O) groups excluding carboxylic acids is 1. The zero-order valence-corrected chi connectivity index (χ0v) is 10.7. The molecule has 2 unspecified atom stereocenters. The van der Waals surface area contributed by atoms with E-state index in [1.165, 1.54) is 0 Å². The van der Waals surface area contributed by atoms with Crippen molar-refractivity contribution in [3.63, 3.8) is 0 Å². The van der Waals surface area contributed by atoms with Crippen molar-refractivity contribution in [2.75, 3.05) is 13.2 Å². The fourth-order valence-electron chi connectivity index (χ4n) is 1.89. The summed E-state index contributed by atoms with van der Waals surface area (Å²) in [5, 5.41) is 1.07. The Morgan fingerprint density at radius 1 is 1.41 bits per heavy atom. The van der Waals surface area contributed by atoms with Gasteiger partial charge < -0.3 is 10.5 Å². The van der Waals surface area contributed by atoms with Crippen LogP contribution in [0.4, 0.5) is 0 Å². The van der Waals surface area contributed by atoms with Gasteiger partial charge in [0.25, 0.3) is 0 Å². The van der Waals surface area contributed by atoms with Gasteiger partial charge in [-0.15, -0.1) is 0 Å². The van der Waals surface area contributed by atoms with Gasteiger partial charge in [-0.2, -0.15) is 0 Å². The van der Waals surface area contributed by atoms with E-state index in [0.29, 0.717) is 23.3 Å². The number of rotatable bonds is 3. The standard InChI is InChI=1S/C12H13Cl2NO2/c13-8-2-1-7(10(14)4-8)3-12(16)9-5-17-6-11(9)15/h1-2,4,9,11H,3,5-6,15H2. The third kappa shape index (κ3) is 2.99. The van der Waals surface area contributed by atoms with Gasteiger partial charge in [0, 0.05) is 22.5 Å². The van der Waals surface area contributed by atoms with Gasteiger partial charge in [-0.1, -0.05) is 29.3 Å². The first kappa shape index (κ1) is 12.8. The molecule has 0 aliphatic carbocycles. The van der Waals surface area contributed by atoms with Crippen LogP contribution in [-0.4, -0.2) is 25.0 Å². The quantitative estimate of drug-likeness (QED) is 0.918. The van der Waals surface area contributed by atoms with E-state index in [1.54, 1.807) is 18.2 Å². The highest BCUT2D eigenvalue weighted by molar-refractivity contribution is 6.35. The monoisotopic (exact) mass is 273 g/mol. The van der Waals surface area contributed by atoms with Crippen LogP contribution in [0.25, 0.3) is 0 Å². The molecule has 1 aliphatic heterocycles. The van der Waals surface area contributed by atoms with E-state index in [2.05, 4.69) is 0 Å². The van der Waals surface area contributed by atoms with E-state index in [4.69, 9.17) is 33.7 Å². The highest BCUT2D eigenvalue weighted by Gasteiger charge is 2.31. The van der Waals surface area contributed by atoms with Crippen LogP contribution in [0.3, 0.4) is 0 Å². The van der Waals surface area contributed by atoms with Gasteiger partial charge >= 0.3 is 0 Å². The summed E-state index contributed by atoms with van der Waals surface area (Å²) < 4.78 is 5.18. The van der Waals surface area contributed by atoms with Gasteiger partial charge in [0.15, 0.2) is 0 Å². The summed E-state index contributed by atoms with van der Waals surface area (Å²) in [6.45, 7) is 0.857. The van der Waals surface area contributed by atoms with Crippen molar-refractivity contribution in [1.82, 2.24) is 0 Å². The van der Waals surface area contributed by atoms with Gasteiger partial charge in [0.05, 0.1) is 19.1 Å². The minimum Gasteiger partial charge on any atom is -0.379 e. The molecule has 17 heavy (non-hydrogen) atoms. The van der Waals surface area contributed by atoms with Crippen molar-refractivity contribution in [3.05, 3.63) is 33.8 Å². The number of hydrogen-bond donors (Lipinski definition) is 1. The van der Waals surface area contributed by atoms with Gasteiger partial charge in [0.1, 0.15) is 5.78 Å². The molecule has 1 aromatic carbocycles. The van der Waals surface area contributed by atoms with Gasteiger partial charge in [-0.3, -0.25) is 4.79 Å². The van der Waals surface area contributed by atoms with E-state index >= 15 is 0 Å². The SMILES string of the molecule is NC1COCC1C(=O)Cc1ccc(Cl)cc1Cl. The molecular weight excluding hydrogens is 261 g/mol. The smallest absolute Gasteiger partial charge is 0.144 e. The van der Waals surface area contributed by atoms with Crippen LogP contribution in [0.1, 0.15) is 5.56 Å². The summed E-state index contributed by atoms with van der Waals surface area (Å²) in [7, 11) is 0. The average Bonchev–Trinajstić information content (AvgIpc) is 2.68. The molecule has 92 valence electrons. The lowest BCUT2D eigenvalue weighted by atomic mass is 9.94. The van der Waals surface area contributed by atoms with Crippen LogP contribution >= 0.6 is 23.2 Å². The Morgan fingerprint density at radius 2 is 2.18 bits per heavy atom. The minimum atomic E-state index is -0.221. The van der Waals surface area contributed by atoms with Gasteiger partial charge in [0.2, 0.25) is 0 Å². The van der Waals surface area contributed by atoms with Crippen LogP contribution in [0.2, 0.25) is 10.0 Å². The molecule has 2 N–H and O–H groups in total. The number of nitrogens with two attached hydrogens (primary N) is 1. The van der Waals surface area contributed by atoms with Crippen molar-refractivity contribution < 1.29 is 9.53 Å². The third-order valence-corrected chi connectivity index (χ3v) is 3.50. The van der Waals surface area contributed by atoms with Crippen molar-refractivity contribution in [1.29, 1.82) is 0 Å². The maximum atomic E-state index is 12.0. The number of benzene rings is 1. The van der Waals surface area contributed by atoms with E-state index < -0.39 is 0 Å². The van der Waals surface area contributed by atoms with Gasteiger partial charge in [-0.05, 0) is 17.7 Å². The Hall–Kier alpha value is -0.610. The third-order valence-electron chi connectivity index (χ3n) is 2.92. The summed E-state index contributed by atoms with van der Waals surface area (Å²) in [6, 6.07) is 4.93. The molecule has 2 atom stereocenters. The summed E-state index contributed by atoms with van der Waals surface area (Å²) in [5.74, 6) is -0.152. The second-order valence-corrected chi connectivity index (χ2v) is 5.03. The van der Waals surface area contributed by atoms with Gasteiger partial charge in [-0.25, -0.2) is 0 Å². The zero-order chi connectivity index (χ0) is 12.4. The normalized spacial score (nSPS) is 23.9. The highest BCUT2D eigenvalue weighted by Crippen LogP contribution is 2.23. The maximum absolute atomic E-state index is 12.0. The van der Waals surface area contributed by atoms with Crippen molar-refractivity contribution in [2.45, 2.75) is 12.5 Å². The first-order valence-corrected chi connectivity index (χ1v) is 6.13. The van der Waals surface area contributed by atoms with Crippen LogP contribution < -0.4 is 5.73 Å². The molecule has 0 aromatic heterocycles. The number of halogens is 2. The first-order chi connectivity index (χ1) is 8.08. The molecule has 0 amide bonds. The number of hydrogen-bond acceptors (Lipinski definition) is 3. The molecule has 0 saturated carbocycles. The van der Waals surface area contributed by atoms with Crippen molar-refractivity contribution in [2.24, 2.45) is 11.7 Å². The maximum Gasteiger partial charge on any atom is 0.144 e. The number of carbonyl (C=O) groups is 1. The van der Waals surface area contributed by atoms with Crippen LogP contribution in [0.15, 0.2) is 18.2 Å². The Bertz CT molecular complexity index is 437. The second-order valence-electron chi connectivity index (χ2n) is 4.19. The fraction of sp³-hybridized carbons (Fsp3) is 0.417. The lowest BCUT2D eigenvalue weighted by Crippen LogP contribution is -2.34. The Kier molecular flexibility index (Phi) is 4.05. The van der Waals surface area contributed by atoms with Crippen molar-refractivity contribution >= 4 is 29.0 Å². The summed E-state index contributed by atoms with van der Waals surface area (Å²) in [5.41, 5.74) is 6.57. The molecule has 0 spiro atoms. The lowest BCUT2D eigenvalue weighted by Gasteiger charge is -2.12. The minimum absolute atomic E-state index is 0.0687. The molecule has 1 saturated heterocycles. The molecule has 1 fully saturated rings. The molecule has 1 aliphatic rings.